The van der Waals surface area contributed by atoms with Gasteiger partial charge in [-0.3, -0.25) is 4.79 Å². The van der Waals surface area contributed by atoms with Crippen LogP contribution in [0, 0.1) is 0 Å². The van der Waals surface area contributed by atoms with Crippen LogP contribution in [0.15, 0.2) is 30.5 Å². The molecule has 1 aliphatic rings. The van der Waals surface area contributed by atoms with Gasteiger partial charge in [-0.1, -0.05) is 6.92 Å². The monoisotopic (exact) mass is 439 g/mol. The van der Waals surface area contributed by atoms with Gasteiger partial charge in [0.2, 0.25) is 17.0 Å². The van der Waals surface area contributed by atoms with Crippen LogP contribution in [0.3, 0.4) is 0 Å². The highest BCUT2D eigenvalue weighted by molar-refractivity contribution is 7.21. The molecule has 1 aliphatic heterocycles. The van der Waals surface area contributed by atoms with E-state index in [1.807, 2.05) is 32.0 Å². The first-order chi connectivity index (χ1) is 14.5. The fourth-order valence-corrected chi connectivity index (χ4v) is 4.79. The van der Waals surface area contributed by atoms with Crippen LogP contribution in [0.4, 0.5) is 5.69 Å². The number of fused-ring (bicyclic) bond motifs is 5. The number of nitrogens with zero attached hydrogens (tertiary/aromatic N) is 3. The molecule has 30 heavy (non-hydrogen) atoms. The summed E-state index contributed by atoms with van der Waals surface area (Å²) in [5.74, 6) is 0.784. The second-order valence-corrected chi connectivity index (χ2v) is 8.53. The van der Waals surface area contributed by atoms with Crippen LogP contribution < -0.4 is 15.4 Å². The van der Waals surface area contributed by atoms with Gasteiger partial charge in [0.25, 0.3) is 5.91 Å². The zero-order valence-corrected chi connectivity index (χ0v) is 17.9. The molecule has 1 aromatic carbocycles. The summed E-state index contributed by atoms with van der Waals surface area (Å²) in [6.45, 7) is 4.65. The Labute approximate surface area is 181 Å². The van der Waals surface area contributed by atoms with Gasteiger partial charge in [0.1, 0.15) is 4.88 Å². The lowest BCUT2D eigenvalue weighted by molar-refractivity contribution is 0.0949. The lowest BCUT2D eigenvalue weighted by atomic mass is 10.1. The Bertz CT molecular complexity index is 1310. The van der Waals surface area contributed by atoms with Crippen molar-refractivity contribution in [2.24, 2.45) is 0 Å². The minimum atomic E-state index is -0.0440. The van der Waals surface area contributed by atoms with Crippen LogP contribution >= 0.6 is 22.9 Å². The van der Waals surface area contributed by atoms with E-state index in [4.69, 9.17) is 16.3 Å². The van der Waals surface area contributed by atoms with Crippen LogP contribution in [0.25, 0.3) is 21.0 Å². The molecule has 0 saturated carbocycles. The van der Waals surface area contributed by atoms with Crippen LogP contribution in [0.1, 0.15) is 29.1 Å². The highest BCUT2D eigenvalue weighted by Gasteiger charge is 2.24. The lowest BCUT2D eigenvalue weighted by Gasteiger charge is -2.11. The molecule has 0 unspecified atom stereocenters. The van der Waals surface area contributed by atoms with Crippen molar-refractivity contribution in [1.29, 1.82) is 0 Å². The summed E-state index contributed by atoms with van der Waals surface area (Å²) in [4.78, 5) is 26.1. The zero-order valence-electron chi connectivity index (χ0n) is 16.3. The predicted octanol–water partition coefficient (Wildman–Crippen LogP) is 4.79. The van der Waals surface area contributed by atoms with E-state index < -0.39 is 0 Å². The Morgan fingerprint density at radius 3 is 2.97 bits per heavy atom. The molecule has 3 aromatic heterocycles. The van der Waals surface area contributed by atoms with Crippen LogP contribution in [-0.4, -0.2) is 33.4 Å². The van der Waals surface area contributed by atoms with Crippen molar-refractivity contribution in [1.82, 2.24) is 20.3 Å². The Balaban J connectivity index is 1.60. The van der Waals surface area contributed by atoms with Gasteiger partial charge >= 0.3 is 0 Å². The molecule has 0 bridgehead atoms. The van der Waals surface area contributed by atoms with Crippen molar-refractivity contribution in [3.8, 4) is 11.8 Å². The maximum absolute atomic E-state index is 12.6. The number of hydrogen-bond acceptors (Lipinski definition) is 7. The molecule has 152 valence electrons. The first-order valence-corrected chi connectivity index (χ1v) is 10.8. The van der Waals surface area contributed by atoms with E-state index in [1.165, 1.54) is 11.3 Å². The third kappa shape index (κ3) is 3.22. The SMILES string of the molecule is CCc1cnc(Cl)nc1Oc1ccc2c(ccc3sc4c(c32)NC[C@H](C)NC4=O)n1. The smallest absolute Gasteiger partial charge is 0.263 e. The van der Waals surface area contributed by atoms with Gasteiger partial charge in [-0.2, -0.15) is 4.98 Å². The highest BCUT2D eigenvalue weighted by Crippen LogP contribution is 2.41. The molecule has 0 fully saturated rings. The summed E-state index contributed by atoms with van der Waals surface area (Å²) >= 11 is 7.42. The Kier molecular flexibility index (Phi) is 4.67. The minimum absolute atomic E-state index is 0.0440. The molecule has 1 atom stereocenters. The zero-order chi connectivity index (χ0) is 20.8. The average Bonchev–Trinajstić information content (AvgIpc) is 3.05. The Morgan fingerprint density at radius 2 is 2.13 bits per heavy atom. The number of halogens is 1. The average molecular weight is 440 g/mol. The number of anilines is 1. The largest absolute Gasteiger partial charge is 0.420 e. The molecule has 5 rings (SSSR count). The number of amides is 1. The number of ether oxygens (including phenoxy) is 1. The number of aryl methyl sites for hydroxylation is 1. The van der Waals surface area contributed by atoms with Gasteiger partial charge in [-0.05, 0) is 43.1 Å². The van der Waals surface area contributed by atoms with Crippen LogP contribution in [0.2, 0.25) is 5.28 Å². The number of hydrogen-bond donors (Lipinski definition) is 2. The van der Waals surface area contributed by atoms with Gasteiger partial charge in [-0.15, -0.1) is 11.3 Å². The Morgan fingerprint density at radius 1 is 1.27 bits per heavy atom. The number of benzene rings is 1. The lowest BCUT2D eigenvalue weighted by Crippen LogP contribution is -2.34. The number of carbonyl (C=O) groups excluding carboxylic acids is 1. The van der Waals surface area contributed by atoms with E-state index in [2.05, 4.69) is 25.6 Å². The van der Waals surface area contributed by atoms with Gasteiger partial charge < -0.3 is 15.4 Å². The normalized spacial score (nSPS) is 16.1. The van der Waals surface area contributed by atoms with Crippen molar-refractivity contribution >= 4 is 55.5 Å². The van der Waals surface area contributed by atoms with Crippen molar-refractivity contribution in [2.75, 3.05) is 11.9 Å². The summed E-state index contributed by atoms with van der Waals surface area (Å²) in [5, 5.41) is 8.54. The molecule has 1 amide bonds. The van der Waals surface area contributed by atoms with E-state index in [9.17, 15) is 4.79 Å². The van der Waals surface area contributed by atoms with Crippen molar-refractivity contribution < 1.29 is 9.53 Å². The molecule has 9 heteroatoms. The third-order valence-corrected chi connectivity index (χ3v) is 6.38. The second kappa shape index (κ2) is 7.37. The highest BCUT2D eigenvalue weighted by atomic mass is 35.5. The molecule has 2 N–H and O–H groups in total. The minimum Gasteiger partial charge on any atom is -0.420 e. The van der Waals surface area contributed by atoms with Crippen LogP contribution in [0.5, 0.6) is 11.8 Å². The number of nitrogens with one attached hydrogen (secondary N) is 2. The fourth-order valence-electron chi connectivity index (χ4n) is 3.56. The molecule has 4 heterocycles. The molecule has 0 aliphatic carbocycles. The molecule has 0 radical (unpaired) electrons. The van der Waals surface area contributed by atoms with E-state index in [1.54, 1.807) is 12.3 Å². The van der Waals surface area contributed by atoms with E-state index in [0.717, 1.165) is 32.2 Å². The molecule has 0 saturated heterocycles. The topological polar surface area (TPSA) is 89.0 Å². The van der Waals surface area contributed by atoms with Gasteiger partial charge in [0.05, 0.1) is 11.2 Å². The summed E-state index contributed by atoms with van der Waals surface area (Å²) < 4.78 is 6.96. The van der Waals surface area contributed by atoms with Crippen LogP contribution in [-0.2, 0) is 6.42 Å². The van der Waals surface area contributed by atoms with Crippen molar-refractivity contribution in [3.63, 3.8) is 0 Å². The number of rotatable bonds is 3. The van der Waals surface area contributed by atoms with Gasteiger partial charge in [0, 0.05) is 45.9 Å². The maximum Gasteiger partial charge on any atom is 0.263 e. The summed E-state index contributed by atoms with van der Waals surface area (Å²) in [6, 6.07) is 7.77. The second-order valence-electron chi connectivity index (χ2n) is 7.14. The Hall–Kier alpha value is -2.97. The van der Waals surface area contributed by atoms with E-state index >= 15 is 0 Å². The fraction of sp³-hybridized carbons (Fsp3) is 0.238. The summed E-state index contributed by atoms with van der Waals surface area (Å²) in [6.07, 6.45) is 2.38. The molecular formula is C21H18ClN5O2S. The standard InChI is InChI=1S/C21H18ClN5O2S/c1-3-11-9-24-21(22)27-20(11)29-15-7-4-12-13(26-15)5-6-14-16(12)17-18(30-14)19(28)25-10(2)8-23-17/h4-7,9-10,23H,3,8H2,1-2H3,(H,25,28)/t10-/m0/s1. The van der Waals surface area contributed by atoms with E-state index in [-0.39, 0.29) is 17.2 Å². The number of pyridine rings is 1. The maximum atomic E-state index is 12.6. The number of carbonyl (C=O) groups is 1. The summed E-state index contributed by atoms with van der Waals surface area (Å²) in [5.41, 5.74) is 2.50. The third-order valence-electron chi connectivity index (χ3n) is 5.04. The molecule has 0 spiro atoms. The summed E-state index contributed by atoms with van der Waals surface area (Å²) in [7, 11) is 0. The van der Waals surface area contributed by atoms with Gasteiger partial charge in [0.15, 0.2) is 0 Å². The van der Waals surface area contributed by atoms with Gasteiger partial charge in [-0.25, -0.2) is 9.97 Å². The molecular weight excluding hydrogens is 422 g/mol. The first-order valence-electron chi connectivity index (χ1n) is 9.63. The number of thiophene rings is 1. The van der Waals surface area contributed by atoms with Crippen molar-refractivity contribution in [3.05, 3.63) is 46.2 Å². The molecule has 7 nitrogen and oxygen atoms in total. The predicted molar refractivity (Wildman–Crippen MR) is 119 cm³/mol. The van der Waals surface area contributed by atoms with Crippen molar-refractivity contribution in [2.45, 2.75) is 26.3 Å². The quantitative estimate of drug-likeness (QED) is 0.446. The first kappa shape index (κ1) is 19.0. The van der Waals surface area contributed by atoms with E-state index in [0.29, 0.717) is 29.6 Å². The molecule has 4 aromatic rings. The number of aromatic nitrogens is 3.